The highest BCUT2D eigenvalue weighted by molar-refractivity contribution is 6.34. The summed E-state index contributed by atoms with van der Waals surface area (Å²) in [6.07, 6.45) is -11.1. The fourth-order valence-electron chi connectivity index (χ4n) is 11.0. The molecule has 13 nitrogen and oxygen atoms in total. The number of hydrogen-bond donors (Lipinski definition) is 1. The van der Waals surface area contributed by atoms with E-state index in [0.29, 0.717) is 94.9 Å². The molecule has 4 aliphatic heterocycles. The Kier molecular flexibility index (Phi) is 15.5. The Balaban J connectivity index is 0.000000181. The number of benzene rings is 8. The molecule has 0 amide bonds. The van der Waals surface area contributed by atoms with E-state index in [9.17, 15) is 55.4 Å². The van der Waals surface area contributed by atoms with Crippen molar-refractivity contribution in [2.75, 3.05) is 23.9 Å². The Morgan fingerprint density at radius 2 is 0.874 bits per heavy atom. The first kappa shape index (κ1) is 60.0. The number of phenolic OH excluding ortho intramolecular Hbond substituents is 1. The molecule has 87 heavy (non-hydrogen) atoms. The lowest BCUT2D eigenvalue weighted by molar-refractivity contribution is -0.171. The van der Waals surface area contributed by atoms with Gasteiger partial charge in [0.1, 0.15) is 28.7 Å². The van der Waals surface area contributed by atoms with Crippen LogP contribution in [0.2, 0.25) is 20.1 Å². The lowest BCUT2D eigenvalue weighted by Gasteiger charge is -2.37. The van der Waals surface area contributed by atoms with E-state index in [4.69, 9.17) is 70.1 Å². The number of halogens is 10. The van der Waals surface area contributed by atoms with E-state index in [0.717, 1.165) is 0 Å². The standard InChI is InChI=1S/C33H22Cl2F3NO6.C31H20Cl2F3NO5/c1-17(40)43-29-16-28-23(14-25(29)35)32(21-6-4-3-5-20(21)31(42)45-32)22-13-24(34)26(15-27(22)44-28)39(2)19-10-7-18(8-11-19)9-12-30(41)33(36,37)38;1-37(17-9-6-16(7-10-17)8-11-28(39)31(34,35)36)24-14-26-20(12-22(24)32)30(19-5-3-2-4-18(19)29(40)42-30)21-13-23(33)25(38)15-27(21)41-26/h3-8,10-11,13-16H,9,12H2,1-2H3;2-7,9-10,12-15,38H,8,11H2,1H3. The van der Waals surface area contributed by atoms with Crippen LogP contribution >= 0.6 is 46.4 Å². The number of fused-ring (bicyclic) bond motifs is 12. The van der Waals surface area contributed by atoms with Gasteiger partial charge < -0.3 is 38.6 Å². The largest absolute Gasteiger partial charge is 0.506 e. The number of alkyl halides is 6. The van der Waals surface area contributed by atoms with E-state index < -0.39 is 65.9 Å². The maximum atomic E-state index is 13.2. The molecule has 0 aromatic heterocycles. The van der Waals surface area contributed by atoms with E-state index in [1.165, 1.54) is 31.2 Å². The molecule has 12 rings (SSSR count). The van der Waals surface area contributed by atoms with Gasteiger partial charge in [-0.25, -0.2) is 9.59 Å². The lowest BCUT2D eigenvalue weighted by Crippen LogP contribution is -2.33. The Morgan fingerprint density at radius 1 is 0.506 bits per heavy atom. The Labute approximate surface area is 511 Å². The maximum absolute atomic E-state index is 13.2. The molecule has 8 aromatic rings. The number of anilines is 4. The minimum absolute atomic E-state index is 0.0473. The van der Waals surface area contributed by atoms with Crippen LogP contribution in [0.15, 0.2) is 146 Å². The average Bonchev–Trinajstić information content (AvgIpc) is 1.67. The molecule has 4 heterocycles. The van der Waals surface area contributed by atoms with Crippen molar-refractivity contribution in [2.24, 2.45) is 0 Å². The van der Waals surface area contributed by atoms with Gasteiger partial charge in [-0.3, -0.25) is 14.4 Å². The fourth-order valence-corrected chi connectivity index (χ4v) is 11.9. The fraction of sp³-hybridized carbons (Fsp3) is 0.172. The highest BCUT2D eigenvalue weighted by Gasteiger charge is 2.56. The summed E-state index contributed by atoms with van der Waals surface area (Å²) >= 11 is 26.5. The molecule has 0 fully saturated rings. The Hall–Kier alpha value is -8.75. The first-order valence-corrected chi connectivity index (χ1v) is 27.8. The third-order valence-corrected chi connectivity index (χ3v) is 16.4. The zero-order valence-corrected chi connectivity index (χ0v) is 48.4. The second kappa shape index (κ2) is 22.5. The van der Waals surface area contributed by atoms with Gasteiger partial charge in [0.2, 0.25) is 11.6 Å². The molecule has 0 radical (unpaired) electrons. The van der Waals surface area contributed by atoms with Gasteiger partial charge in [-0.05, 0) is 84.6 Å². The van der Waals surface area contributed by atoms with Gasteiger partial charge in [-0.2, -0.15) is 26.3 Å². The topological polar surface area (TPSA) is 158 Å². The van der Waals surface area contributed by atoms with Crippen LogP contribution in [0.1, 0.15) is 85.0 Å². The molecule has 2 atom stereocenters. The monoisotopic (exact) mass is 1270 g/mol. The number of aryl methyl sites for hydroxylation is 2. The van der Waals surface area contributed by atoms with E-state index in [-0.39, 0.29) is 50.9 Å². The van der Waals surface area contributed by atoms with E-state index in [1.807, 2.05) is 0 Å². The smallest absolute Gasteiger partial charge is 0.449 e. The molecule has 2 spiro atoms. The number of nitrogens with zero attached hydrogens (tertiary/aromatic N) is 2. The van der Waals surface area contributed by atoms with Gasteiger partial charge in [0.05, 0.1) is 42.6 Å². The van der Waals surface area contributed by atoms with Crippen LogP contribution in [0, 0.1) is 0 Å². The third kappa shape index (κ3) is 10.8. The summed E-state index contributed by atoms with van der Waals surface area (Å²) in [4.78, 5) is 64.0. The van der Waals surface area contributed by atoms with E-state index in [2.05, 4.69) is 0 Å². The van der Waals surface area contributed by atoms with Crippen molar-refractivity contribution in [3.8, 4) is 34.5 Å². The predicted octanol–water partition coefficient (Wildman–Crippen LogP) is 16.4. The zero-order chi connectivity index (χ0) is 62.2. The zero-order valence-electron chi connectivity index (χ0n) is 45.4. The molecule has 444 valence electrons. The van der Waals surface area contributed by atoms with Gasteiger partial charge in [0, 0.05) is 103 Å². The minimum Gasteiger partial charge on any atom is -0.506 e. The van der Waals surface area contributed by atoms with Gasteiger partial charge in [-0.15, -0.1) is 0 Å². The number of ketones is 2. The average molecular weight is 1270 g/mol. The van der Waals surface area contributed by atoms with Crippen LogP contribution in [-0.2, 0) is 47.9 Å². The molecule has 0 saturated carbocycles. The number of carbonyl (C=O) groups is 5. The Bertz CT molecular complexity index is 4200. The van der Waals surface area contributed by atoms with Gasteiger partial charge >= 0.3 is 30.3 Å². The SMILES string of the molecule is CC(=O)Oc1cc2c(cc1Cl)C1(OC(=O)c3ccccc31)c1cc(Cl)c(N(C)c3ccc(CCC(=O)C(F)(F)F)cc3)cc1O2.CN(c1ccc(CCC(=O)C(F)(F)F)cc1)c1cc2c(cc1Cl)C1(OC(=O)c3ccccc31)c1cc(Cl)c(O)cc1O2. The summed E-state index contributed by atoms with van der Waals surface area (Å²) in [5, 5.41) is 11.1. The van der Waals surface area contributed by atoms with Crippen molar-refractivity contribution in [1.82, 2.24) is 0 Å². The minimum atomic E-state index is -4.86. The molecule has 2 unspecified atom stereocenters. The summed E-state index contributed by atoms with van der Waals surface area (Å²) in [5.41, 5.74) is 4.12. The van der Waals surface area contributed by atoms with Gasteiger partial charge in [-0.1, -0.05) is 107 Å². The Morgan fingerprint density at radius 3 is 1.28 bits per heavy atom. The van der Waals surface area contributed by atoms with Crippen LogP contribution in [0.5, 0.6) is 34.5 Å². The second-order valence-corrected chi connectivity index (χ2v) is 22.1. The number of Topliss-reactive ketones (excluding diaryl/α,β-unsaturated/α-hetero) is 2. The number of rotatable bonds is 11. The number of ether oxygens (including phenoxy) is 5. The van der Waals surface area contributed by atoms with Crippen molar-refractivity contribution in [1.29, 1.82) is 0 Å². The summed E-state index contributed by atoms with van der Waals surface area (Å²) < 4.78 is 106. The quantitative estimate of drug-likeness (QED) is 0.0742. The molecular weight excluding hydrogens is 1230 g/mol. The third-order valence-electron chi connectivity index (χ3n) is 15.2. The summed E-state index contributed by atoms with van der Waals surface area (Å²) in [6, 6.07) is 39.7. The molecule has 4 aliphatic rings. The van der Waals surface area contributed by atoms with Crippen molar-refractivity contribution < 1.29 is 79.1 Å². The van der Waals surface area contributed by atoms with Crippen LogP contribution in [0.3, 0.4) is 0 Å². The van der Waals surface area contributed by atoms with E-state index in [1.54, 1.807) is 145 Å². The highest BCUT2D eigenvalue weighted by atomic mass is 35.5. The molecule has 1 N–H and O–H groups in total. The molecule has 23 heteroatoms. The summed E-state index contributed by atoms with van der Waals surface area (Å²) in [7, 11) is 3.49. The number of hydrogen-bond acceptors (Lipinski definition) is 13. The highest BCUT2D eigenvalue weighted by Crippen LogP contribution is 2.61. The number of esters is 3. The van der Waals surface area contributed by atoms with Gasteiger partial charge in [0.25, 0.3) is 0 Å². The second-order valence-electron chi connectivity index (χ2n) is 20.5. The molecule has 0 bridgehead atoms. The first-order chi connectivity index (χ1) is 41.2. The van der Waals surface area contributed by atoms with Crippen LogP contribution < -0.4 is 24.0 Å². The number of aromatic hydroxyl groups is 1. The normalized spacial score (nSPS) is 16.5. The first-order valence-electron chi connectivity index (χ1n) is 26.3. The molecule has 0 aliphatic carbocycles. The van der Waals surface area contributed by atoms with E-state index >= 15 is 0 Å². The van der Waals surface area contributed by atoms with Crippen molar-refractivity contribution >= 4 is 98.6 Å². The van der Waals surface area contributed by atoms with Crippen molar-refractivity contribution in [3.63, 3.8) is 0 Å². The summed E-state index contributed by atoms with van der Waals surface area (Å²) in [5.74, 6) is -4.28. The lowest BCUT2D eigenvalue weighted by atomic mass is 9.77. The van der Waals surface area contributed by atoms with Crippen LogP contribution in [0.4, 0.5) is 49.1 Å². The number of phenols is 1. The van der Waals surface area contributed by atoms with Gasteiger partial charge in [0.15, 0.2) is 17.0 Å². The molecule has 0 saturated heterocycles. The molecular formula is C64H42Cl4F6N2O11. The molecule has 8 aromatic carbocycles. The summed E-state index contributed by atoms with van der Waals surface area (Å²) in [6.45, 7) is 1.24. The van der Waals surface area contributed by atoms with Crippen molar-refractivity contribution in [2.45, 2.75) is 56.2 Å². The van der Waals surface area contributed by atoms with Crippen molar-refractivity contribution in [3.05, 3.63) is 221 Å². The predicted molar refractivity (Wildman–Crippen MR) is 310 cm³/mol. The van der Waals surface area contributed by atoms with Crippen LogP contribution in [0.25, 0.3) is 0 Å². The van der Waals surface area contributed by atoms with Crippen LogP contribution in [-0.4, -0.2) is 61.0 Å². The maximum Gasteiger partial charge on any atom is 0.449 e. The number of carbonyl (C=O) groups excluding carboxylic acids is 5.